The molecule has 18 heavy (non-hydrogen) atoms. The van der Waals surface area contributed by atoms with Gasteiger partial charge in [0, 0.05) is 6.07 Å². The minimum Gasteiger partial charge on any atom is -0.482 e. The molecule has 1 aromatic rings. The summed E-state index contributed by atoms with van der Waals surface area (Å²) in [5.41, 5.74) is -1.33. The predicted octanol–water partition coefficient (Wildman–Crippen LogP) is 1.41. The van der Waals surface area contributed by atoms with E-state index in [2.05, 4.69) is 0 Å². The Morgan fingerprint density at radius 2 is 2.17 bits per heavy atom. The fourth-order valence-electron chi connectivity index (χ4n) is 1.83. The molecule has 0 spiro atoms. The first kappa shape index (κ1) is 12.3. The van der Waals surface area contributed by atoms with E-state index in [0.29, 0.717) is 5.75 Å². The largest absolute Gasteiger partial charge is 0.482 e. The lowest BCUT2D eigenvalue weighted by Gasteiger charge is -2.38. The van der Waals surface area contributed by atoms with E-state index in [4.69, 9.17) is 4.74 Å². The van der Waals surface area contributed by atoms with Crippen molar-refractivity contribution in [2.24, 2.45) is 0 Å². The third kappa shape index (κ3) is 1.79. The van der Waals surface area contributed by atoms with Gasteiger partial charge in [0.15, 0.2) is 6.61 Å². The van der Waals surface area contributed by atoms with E-state index in [1.165, 1.54) is 26.0 Å². The van der Waals surface area contributed by atoms with Gasteiger partial charge in [-0.25, -0.2) is 9.18 Å². The van der Waals surface area contributed by atoms with Crippen LogP contribution in [0.15, 0.2) is 18.2 Å². The lowest BCUT2D eigenvalue weighted by Crippen LogP contribution is -2.56. The first-order valence-corrected chi connectivity index (χ1v) is 5.33. The molecule has 5 nitrogen and oxygen atoms in total. The number of benzene rings is 1. The van der Waals surface area contributed by atoms with Crippen molar-refractivity contribution >= 4 is 17.6 Å². The number of carboxylic acids is 1. The molecule has 0 saturated heterocycles. The Balaban J connectivity index is 2.58. The first-order valence-electron chi connectivity index (χ1n) is 5.33. The number of carbonyl (C=O) groups is 2. The summed E-state index contributed by atoms with van der Waals surface area (Å²) in [4.78, 5) is 24.1. The number of fused-ring (bicyclic) bond motifs is 1. The van der Waals surface area contributed by atoms with Crippen molar-refractivity contribution in [3.8, 4) is 5.75 Å². The van der Waals surface area contributed by atoms with Gasteiger partial charge in [-0.2, -0.15) is 0 Å². The quantitative estimate of drug-likeness (QED) is 0.865. The zero-order valence-corrected chi connectivity index (χ0v) is 9.94. The van der Waals surface area contributed by atoms with Gasteiger partial charge in [-0.15, -0.1) is 0 Å². The summed E-state index contributed by atoms with van der Waals surface area (Å²) in [7, 11) is 0. The number of carboxylic acid groups (broad SMARTS) is 1. The maximum atomic E-state index is 13.2. The molecule has 1 aromatic carbocycles. The molecule has 0 saturated carbocycles. The standard InChI is InChI=1S/C12H12FNO4/c1-12(2,11(16)17)14-8-5-7(13)3-4-9(8)18-6-10(14)15/h3-5H,6H2,1-2H3,(H,16,17). The summed E-state index contributed by atoms with van der Waals surface area (Å²) >= 11 is 0. The molecule has 2 rings (SSSR count). The van der Waals surface area contributed by atoms with Crippen LogP contribution < -0.4 is 9.64 Å². The van der Waals surface area contributed by atoms with E-state index in [9.17, 15) is 19.1 Å². The summed E-state index contributed by atoms with van der Waals surface area (Å²) in [6, 6.07) is 3.67. The first-order chi connectivity index (χ1) is 8.34. The second kappa shape index (κ2) is 3.97. The summed E-state index contributed by atoms with van der Waals surface area (Å²) in [6.45, 7) is 2.51. The van der Waals surface area contributed by atoms with Crippen molar-refractivity contribution in [2.75, 3.05) is 11.5 Å². The smallest absolute Gasteiger partial charge is 0.329 e. The number of aliphatic carboxylic acids is 1. The Morgan fingerprint density at radius 3 is 2.78 bits per heavy atom. The van der Waals surface area contributed by atoms with Crippen molar-refractivity contribution in [3.05, 3.63) is 24.0 Å². The molecule has 0 bridgehead atoms. The molecular formula is C12H12FNO4. The van der Waals surface area contributed by atoms with Crippen LogP contribution in [-0.4, -0.2) is 29.1 Å². The minimum absolute atomic E-state index is 0.138. The Morgan fingerprint density at radius 1 is 1.50 bits per heavy atom. The van der Waals surface area contributed by atoms with Gasteiger partial charge in [0.25, 0.3) is 5.91 Å². The number of rotatable bonds is 2. The normalized spacial score (nSPS) is 15.1. The zero-order chi connectivity index (χ0) is 13.5. The number of hydrogen-bond acceptors (Lipinski definition) is 3. The molecule has 1 heterocycles. The van der Waals surface area contributed by atoms with Gasteiger partial charge < -0.3 is 9.84 Å². The van der Waals surface area contributed by atoms with Gasteiger partial charge in [0.1, 0.15) is 17.1 Å². The van der Waals surface area contributed by atoms with Crippen LogP contribution in [0.2, 0.25) is 0 Å². The lowest BCUT2D eigenvalue weighted by atomic mass is 10.0. The third-order valence-corrected chi connectivity index (χ3v) is 2.84. The monoisotopic (exact) mass is 253 g/mol. The number of anilines is 1. The highest BCUT2D eigenvalue weighted by molar-refractivity contribution is 6.04. The van der Waals surface area contributed by atoms with E-state index in [-0.39, 0.29) is 12.3 Å². The van der Waals surface area contributed by atoms with Crippen LogP contribution in [0.3, 0.4) is 0 Å². The highest BCUT2D eigenvalue weighted by Crippen LogP contribution is 2.37. The number of hydrogen-bond donors (Lipinski definition) is 1. The molecule has 0 fully saturated rings. The van der Waals surface area contributed by atoms with Gasteiger partial charge in [0.05, 0.1) is 5.69 Å². The van der Waals surface area contributed by atoms with Crippen molar-refractivity contribution in [2.45, 2.75) is 19.4 Å². The molecular weight excluding hydrogens is 241 g/mol. The summed E-state index contributed by atoms with van der Waals surface area (Å²) in [6.07, 6.45) is 0. The van der Waals surface area contributed by atoms with Crippen LogP contribution in [-0.2, 0) is 9.59 Å². The average Bonchev–Trinajstić information content (AvgIpc) is 2.27. The molecule has 0 aromatic heterocycles. The van der Waals surface area contributed by atoms with Gasteiger partial charge >= 0.3 is 5.97 Å². The molecule has 0 radical (unpaired) electrons. The number of nitrogens with zero attached hydrogens (tertiary/aromatic N) is 1. The van der Waals surface area contributed by atoms with Crippen LogP contribution >= 0.6 is 0 Å². The molecule has 1 N–H and O–H groups in total. The third-order valence-electron chi connectivity index (χ3n) is 2.84. The lowest BCUT2D eigenvalue weighted by molar-refractivity contribution is -0.144. The average molecular weight is 253 g/mol. The Kier molecular flexibility index (Phi) is 2.73. The summed E-state index contributed by atoms with van der Waals surface area (Å²) < 4.78 is 18.4. The van der Waals surface area contributed by atoms with Crippen LogP contribution in [0, 0.1) is 5.82 Å². The molecule has 6 heteroatoms. The van der Waals surface area contributed by atoms with E-state index in [1.54, 1.807) is 0 Å². The number of ether oxygens (including phenoxy) is 1. The van der Waals surface area contributed by atoms with E-state index in [0.717, 1.165) is 11.0 Å². The topological polar surface area (TPSA) is 66.8 Å². The van der Waals surface area contributed by atoms with Crippen molar-refractivity contribution in [1.29, 1.82) is 0 Å². The van der Waals surface area contributed by atoms with E-state index in [1.807, 2.05) is 0 Å². The van der Waals surface area contributed by atoms with Crippen LogP contribution in [0.1, 0.15) is 13.8 Å². The minimum atomic E-state index is -1.47. The number of carbonyl (C=O) groups excluding carboxylic acids is 1. The van der Waals surface area contributed by atoms with Crippen LogP contribution in [0.4, 0.5) is 10.1 Å². The maximum Gasteiger partial charge on any atom is 0.329 e. The van der Waals surface area contributed by atoms with Crippen LogP contribution in [0.25, 0.3) is 0 Å². The molecule has 0 atom stereocenters. The second-order valence-electron chi connectivity index (χ2n) is 4.49. The van der Waals surface area contributed by atoms with Crippen molar-refractivity contribution in [1.82, 2.24) is 0 Å². The number of amides is 1. The maximum absolute atomic E-state index is 13.2. The van der Waals surface area contributed by atoms with Gasteiger partial charge in [0.2, 0.25) is 0 Å². The Bertz CT molecular complexity index is 527. The fraction of sp³-hybridized carbons (Fsp3) is 0.333. The highest BCUT2D eigenvalue weighted by Gasteiger charge is 2.42. The Labute approximate surface area is 103 Å². The van der Waals surface area contributed by atoms with Gasteiger partial charge in [-0.05, 0) is 26.0 Å². The van der Waals surface area contributed by atoms with Crippen LogP contribution in [0.5, 0.6) is 5.75 Å². The zero-order valence-electron chi connectivity index (χ0n) is 9.94. The molecule has 96 valence electrons. The highest BCUT2D eigenvalue weighted by atomic mass is 19.1. The molecule has 1 aliphatic rings. The SMILES string of the molecule is CC(C)(C(=O)O)N1C(=O)COc2ccc(F)cc21. The van der Waals surface area contributed by atoms with Gasteiger partial charge in [-0.1, -0.05) is 0 Å². The molecule has 0 unspecified atom stereocenters. The molecule has 1 amide bonds. The van der Waals surface area contributed by atoms with E-state index < -0.39 is 23.2 Å². The van der Waals surface area contributed by atoms with E-state index >= 15 is 0 Å². The molecule has 0 aliphatic carbocycles. The number of halogens is 1. The van der Waals surface area contributed by atoms with Crippen molar-refractivity contribution < 1.29 is 23.8 Å². The Hall–Kier alpha value is -2.11. The summed E-state index contributed by atoms with van der Waals surface area (Å²) in [5, 5.41) is 9.18. The summed E-state index contributed by atoms with van der Waals surface area (Å²) in [5.74, 6) is -1.95. The van der Waals surface area contributed by atoms with Crippen molar-refractivity contribution in [3.63, 3.8) is 0 Å². The van der Waals surface area contributed by atoms with Gasteiger partial charge in [-0.3, -0.25) is 9.69 Å². The fourth-order valence-corrected chi connectivity index (χ4v) is 1.83. The second-order valence-corrected chi connectivity index (χ2v) is 4.49. The molecule has 1 aliphatic heterocycles. The predicted molar refractivity (Wildman–Crippen MR) is 61.1 cm³/mol.